The van der Waals surface area contributed by atoms with E-state index in [0.29, 0.717) is 6.42 Å². The fourth-order valence-electron chi connectivity index (χ4n) is 12.0. The number of nitrogen functional groups attached to an aromatic ring is 1. The van der Waals surface area contributed by atoms with Crippen LogP contribution in [0.1, 0.15) is 121 Å². The van der Waals surface area contributed by atoms with Crippen molar-refractivity contribution in [2.45, 2.75) is 162 Å². The molecule has 7 rings (SSSR count). The Bertz CT molecular complexity index is 3450. The highest BCUT2D eigenvalue weighted by atomic mass is 16.6. The number of anilines is 1. The molecule has 1 aromatic carbocycles. The molecule has 1 aromatic rings. The summed E-state index contributed by atoms with van der Waals surface area (Å²) < 4.78 is 18.1. The number of carbonyl (C=O) groups is 13. The summed E-state index contributed by atoms with van der Waals surface area (Å²) in [5.41, 5.74) is 2.81. The normalized spacial score (nSPS) is 26.2. The quantitative estimate of drug-likeness (QED) is 0.0854. The van der Waals surface area contributed by atoms with Gasteiger partial charge in [0.2, 0.25) is 52.7 Å². The SMILES string of the molecule is Cc1c2oc3cccc(C(=O)NC4C(=O)NC(C(C)C)C(=O)N5CCCC5C(=O)N(C)CC(=O)N(C)C(C(C)C)C(=O)OC4C)c3nc-2c(C(=O)NC2C(=O)NC(C(C)C)C(=O)N3C(=O)CCC3C(=O)N(C)CC(=O)N(C)C(C(C)C)C(=O)OC2C)c(N)c1=O. The first-order chi connectivity index (χ1) is 42.1. The highest BCUT2D eigenvalue weighted by molar-refractivity contribution is 6.11. The largest absolute Gasteiger partial charge is 0.458 e. The van der Waals surface area contributed by atoms with Crippen LogP contribution in [0.2, 0.25) is 0 Å². The molecule has 0 saturated carbocycles. The average Bonchev–Trinajstić information content (AvgIpc) is 0.941. The molecule has 4 fully saturated rings. The standard InChI is InChI=1S/C61H82N12O17/c1-26(2)42-58(84)72-23-17-19-34(72)56(82)68(12)24-38(75)70(14)48(28(5)6)60(86)88-31(10)44(54(80)64-42)66-52(78)33-18-16-20-36-46(33)63-47-40(41(62)50(77)30(9)51(47)90-36)53(79)67-45-32(11)89-61(87)49(29(7)8)71(15)39(76)25-69(13)57(83)35-21-22-37(74)73(35)59(85)43(27(3)4)65-55(45)81/h16,18,20,26-29,31-32,34-35,42-45,48-49H,17,19,21-25,62H2,1-15H3,(H,64,80)(H,65,81)(H,66,78)(H,67,79). The zero-order valence-electron chi connectivity index (χ0n) is 53.4. The Morgan fingerprint density at radius 2 is 1.12 bits per heavy atom. The van der Waals surface area contributed by atoms with Crippen LogP contribution in [0.5, 0.6) is 0 Å². The smallest absolute Gasteiger partial charge is 0.329 e. The van der Waals surface area contributed by atoms with Crippen molar-refractivity contribution in [2.75, 3.05) is 53.6 Å². The van der Waals surface area contributed by atoms with Crippen LogP contribution in [0.15, 0.2) is 27.4 Å². The molecule has 10 unspecified atom stereocenters. The van der Waals surface area contributed by atoms with E-state index in [1.807, 2.05) is 0 Å². The number of fused-ring (bicyclic) bond motifs is 4. The number of nitrogens with one attached hydrogen (secondary N) is 4. The van der Waals surface area contributed by atoms with Crippen LogP contribution in [0.3, 0.4) is 0 Å². The lowest BCUT2D eigenvalue weighted by molar-refractivity contribution is -0.163. The van der Waals surface area contributed by atoms with Crippen LogP contribution in [0.4, 0.5) is 5.69 Å². The van der Waals surface area contributed by atoms with Crippen molar-refractivity contribution >= 4 is 93.7 Å². The predicted octanol–water partition coefficient (Wildman–Crippen LogP) is -0.0562. The van der Waals surface area contributed by atoms with Crippen molar-refractivity contribution in [3.63, 3.8) is 0 Å². The Morgan fingerprint density at radius 3 is 1.62 bits per heavy atom. The summed E-state index contributed by atoms with van der Waals surface area (Å²) >= 11 is 0. The van der Waals surface area contributed by atoms with Gasteiger partial charge in [-0.15, -0.1) is 0 Å². The summed E-state index contributed by atoms with van der Waals surface area (Å²) in [5, 5.41) is 10.4. The molecule has 29 nitrogen and oxygen atoms in total. The molecule has 6 aliphatic rings. The fraction of sp³-hybridized carbons (Fsp3) is 0.590. The number of rotatable bonds is 8. The lowest BCUT2D eigenvalue weighted by atomic mass is 9.98. The average molecular weight is 1260 g/mol. The van der Waals surface area contributed by atoms with E-state index in [9.17, 15) is 62.3 Å². The van der Waals surface area contributed by atoms with E-state index in [1.54, 1.807) is 55.4 Å². The highest BCUT2D eigenvalue weighted by Crippen LogP contribution is 2.34. The summed E-state index contributed by atoms with van der Waals surface area (Å²) in [6, 6.07) is -7.48. The third-order valence-corrected chi connectivity index (χ3v) is 17.1. The molecule has 29 heteroatoms. The van der Waals surface area contributed by atoms with Gasteiger partial charge < -0.3 is 65.4 Å². The lowest BCUT2D eigenvalue weighted by Gasteiger charge is -2.36. The Kier molecular flexibility index (Phi) is 20.8. The number of para-hydroxylation sites is 1. The number of hydrogen-bond acceptors (Lipinski definition) is 19. The van der Waals surface area contributed by atoms with Crippen LogP contribution in [0.25, 0.3) is 22.6 Å². The Labute approximate surface area is 520 Å². The van der Waals surface area contributed by atoms with Crippen molar-refractivity contribution in [1.29, 1.82) is 0 Å². The molecular formula is C61H82N12O17. The van der Waals surface area contributed by atoms with E-state index in [1.165, 1.54) is 77.0 Å². The first-order valence-corrected chi connectivity index (χ1v) is 30.1. The summed E-state index contributed by atoms with van der Waals surface area (Å²) in [7, 11) is 5.40. The molecule has 6 N–H and O–H groups in total. The van der Waals surface area contributed by atoms with Crippen molar-refractivity contribution in [1.82, 2.24) is 55.7 Å². The number of imide groups is 1. The molecule has 5 heterocycles. The third-order valence-electron chi connectivity index (χ3n) is 17.1. The number of hydrogen-bond donors (Lipinski definition) is 5. The molecule has 11 amide bonds. The van der Waals surface area contributed by atoms with Crippen molar-refractivity contribution in [3.05, 3.63) is 45.1 Å². The second-order valence-electron chi connectivity index (χ2n) is 25.1. The molecule has 0 radical (unpaired) electrons. The predicted molar refractivity (Wildman–Crippen MR) is 321 cm³/mol. The topological polar surface area (TPSA) is 377 Å². The van der Waals surface area contributed by atoms with Gasteiger partial charge in [0.1, 0.15) is 71.8 Å². The number of esters is 2. The van der Waals surface area contributed by atoms with Gasteiger partial charge in [-0.05, 0) is 75.8 Å². The van der Waals surface area contributed by atoms with E-state index < -0.39 is 197 Å². The van der Waals surface area contributed by atoms with Gasteiger partial charge in [0.25, 0.3) is 17.7 Å². The molecule has 90 heavy (non-hydrogen) atoms. The van der Waals surface area contributed by atoms with E-state index in [4.69, 9.17) is 24.6 Å². The van der Waals surface area contributed by atoms with E-state index in [-0.39, 0.29) is 53.8 Å². The number of likely N-dealkylation sites (N-methyl/N-ethyl adjacent to an activating group) is 4. The minimum Gasteiger partial charge on any atom is -0.458 e. The van der Waals surface area contributed by atoms with Crippen LogP contribution in [-0.2, 0) is 62.2 Å². The van der Waals surface area contributed by atoms with Crippen LogP contribution < -0.4 is 32.4 Å². The maximum atomic E-state index is 15.1. The zero-order chi connectivity index (χ0) is 67.0. The molecule has 0 spiro atoms. The monoisotopic (exact) mass is 1250 g/mol. The molecule has 0 aromatic heterocycles. The molecule has 0 bridgehead atoms. The number of nitrogens with zero attached hydrogens (tertiary/aromatic N) is 7. The summed E-state index contributed by atoms with van der Waals surface area (Å²) in [4.78, 5) is 211. The number of benzene rings is 2. The minimum atomic E-state index is -1.97. The summed E-state index contributed by atoms with van der Waals surface area (Å²) in [6.07, 6.45) is -2.77. The number of cyclic esters (lactones) is 2. The first-order valence-electron chi connectivity index (χ1n) is 30.1. The maximum Gasteiger partial charge on any atom is 0.329 e. The van der Waals surface area contributed by atoms with Crippen LogP contribution in [-0.4, -0.2) is 220 Å². The van der Waals surface area contributed by atoms with Crippen molar-refractivity contribution in [3.8, 4) is 11.5 Å². The maximum absolute atomic E-state index is 15.1. The number of nitrogens with two attached hydrogens (primary N) is 1. The summed E-state index contributed by atoms with van der Waals surface area (Å²) in [6.45, 7) is 16.0. The number of ether oxygens (including phenoxy) is 2. The van der Waals surface area contributed by atoms with E-state index >= 15 is 4.79 Å². The number of aromatic nitrogens is 1. The molecule has 10 atom stereocenters. The Morgan fingerprint density at radius 1 is 0.633 bits per heavy atom. The van der Waals surface area contributed by atoms with E-state index in [2.05, 4.69) is 21.3 Å². The zero-order valence-corrected chi connectivity index (χ0v) is 53.4. The Hall–Kier alpha value is -9.05. The second-order valence-corrected chi connectivity index (χ2v) is 25.1. The summed E-state index contributed by atoms with van der Waals surface area (Å²) in [5.74, 6) is -14.3. The van der Waals surface area contributed by atoms with Crippen molar-refractivity contribution in [2.24, 2.45) is 23.7 Å². The van der Waals surface area contributed by atoms with Gasteiger partial charge in [0.15, 0.2) is 11.3 Å². The third kappa shape index (κ3) is 13.6. The molecule has 4 saturated heterocycles. The van der Waals surface area contributed by atoms with Gasteiger partial charge in [-0.3, -0.25) is 62.4 Å². The molecular weight excluding hydrogens is 1170 g/mol. The molecule has 1 aliphatic carbocycles. The fourth-order valence-corrected chi connectivity index (χ4v) is 12.0. The molecule has 5 aliphatic heterocycles. The van der Waals surface area contributed by atoms with Crippen molar-refractivity contribution < 1.29 is 76.2 Å². The van der Waals surface area contributed by atoms with Crippen LogP contribution in [0, 0.1) is 30.6 Å². The first kappa shape index (κ1) is 68.4. The van der Waals surface area contributed by atoms with Gasteiger partial charge in [-0.25, -0.2) is 14.6 Å². The number of carbonyl (C=O) groups excluding carboxylic acids is 13. The van der Waals surface area contributed by atoms with E-state index in [0.717, 1.165) is 19.6 Å². The van der Waals surface area contributed by atoms with Gasteiger partial charge in [-0.1, -0.05) is 61.5 Å². The second kappa shape index (κ2) is 27.4. The minimum absolute atomic E-state index is 0.0933. The van der Waals surface area contributed by atoms with Gasteiger partial charge in [0.05, 0.1) is 29.9 Å². The lowest BCUT2D eigenvalue weighted by Crippen LogP contribution is -2.62. The number of amides is 11. The highest BCUT2D eigenvalue weighted by Gasteiger charge is 2.48. The van der Waals surface area contributed by atoms with Gasteiger partial charge in [-0.2, -0.15) is 0 Å². The van der Waals surface area contributed by atoms with Gasteiger partial charge in [0, 0.05) is 46.7 Å². The van der Waals surface area contributed by atoms with Crippen LogP contribution >= 0.6 is 0 Å². The Balaban J connectivity index is 1.31. The van der Waals surface area contributed by atoms with Gasteiger partial charge >= 0.3 is 11.9 Å². The molecule has 488 valence electrons.